The lowest BCUT2D eigenvalue weighted by Gasteiger charge is -2.06. The topological polar surface area (TPSA) is 72.0 Å². The molecule has 0 saturated carbocycles. The molecule has 0 fully saturated rings. The van der Waals surface area contributed by atoms with E-state index in [1.54, 1.807) is 31.2 Å². The van der Waals surface area contributed by atoms with E-state index < -0.39 is 10.0 Å². The van der Waals surface area contributed by atoms with Crippen molar-refractivity contribution in [2.75, 3.05) is 4.72 Å². The summed E-state index contributed by atoms with van der Waals surface area (Å²) in [6.07, 6.45) is 0. The van der Waals surface area contributed by atoms with Crippen LogP contribution < -0.4 is 4.72 Å². The standard InChI is InChI=1S/C16H15N3O2S2/c1-11-7-9-13(10-8-11)15-17-18-16(22-15)19-23(20,21)14-6-4-3-5-12(14)2/h3-10H,1-2H3,(H,18,19). The minimum Gasteiger partial charge on any atom is -0.253 e. The average molecular weight is 345 g/mol. The second-order valence-corrected chi connectivity index (χ2v) is 7.78. The van der Waals surface area contributed by atoms with Crippen LogP contribution in [0.3, 0.4) is 0 Å². The van der Waals surface area contributed by atoms with Crippen LogP contribution in [0, 0.1) is 13.8 Å². The van der Waals surface area contributed by atoms with Crippen LogP contribution in [0.4, 0.5) is 5.13 Å². The van der Waals surface area contributed by atoms with Crippen LogP contribution >= 0.6 is 11.3 Å². The molecule has 0 aliphatic heterocycles. The second kappa shape index (κ2) is 6.10. The fourth-order valence-electron chi connectivity index (χ4n) is 2.11. The number of nitrogens with zero attached hydrogens (tertiary/aromatic N) is 2. The van der Waals surface area contributed by atoms with Crippen LogP contribution in [0.5, 0.6) is 0 Å². The van der Waals surface area contributed by atoms with Gasteiger partial charge in [-0.2, -0.15) is 0 Å². The van der Waals surface area contributed by atoms with Gasteiger partial charge in [-0.05, 0) is 25.5 Å². The highest BCUT2D eigenvalue weighted by Crippen LogP contribution is 2.28. The average Bonchev–Trinajstić information content (AvgIpc) is 2.96. The van der Waals surface area contributed by atoms with Crippen LogP contribution in [-0.4, -0.2) is 18.6 Å². The SMILES string of the molecule is Cc1ccc(-c2nnc(NS(=O)(=O)c3ccccc3C)s2)cc1. The van der Waals surface area contributed by atoms with E-state index in [2.05, 4.69) is 14.9 Å². The maximum Gasteiger partial charge on any atom is 0.263 e. The van der Waals surface area contributed by atoms with Gasteiger partial charge in [0, 0.05) is 5.56 Å². The first-order chi connectivity index (χ1) is 11.0. The third kappa shape index (κ3) is 3.40. The first-order valence-corrected chi connectivity index (χ1v) is 9.25. The smallest absolute Gasteiger partial charge is 0.253 e. The molecule has 1 heterocycles. The summed E-state index contributed by atoms with van der Waals surface area (Å²) in [5.41, 5.74) is 2.75. The molecule has 0 radical (unpaired) electrons. The Kier molecular flexibility index (Phi) is 4.14. The minimum atomic E-state index is -3.66. The summed E-state index contributed by atoms with van der Waals surface area (Å²) in [4.78, 5) is 0.243. The van der Waals surface area contributed by atoms with Crippen LogP contribution in [-0.2, 0) is 10.0 Å². The third-order valence-corrected chi connectivity index (χ3v) is 5.84. The molecule has 0 amide bonds. The molecule has 118 valence electrons. The van der Waals surface area contributed by atoms with Crippen molar-refractivity contribution < 1.29 is 8.42 Å². The maximum atomic E-state index is 12.4. The molecule has 23 heavy (non-hydrogen) atoms. The molecule has 3 rings (SSSR count). The summed E-state index contributed by atoms with van der Waals surface area (Å²) in [5.74, 6) is 0. The van der Waals surface area contributed by atoms with E-state index in [4.69, 9.17) is 0 Å². The number of anilines is 1. The number of sulfonamides is 1. The van der Waals surface area contributed by atoms with Crippen molar-refractivity contribution in [2.24, 2.45) is 0 Å². The van der Waals surface area contributed by atoms with Crippen LogP contribution in [0.25, 0.3) is 10.6 Å². The summed E-state index contributed by atoms with van der Waals surface area (Å²) in [7, 11) is -3.66. The quantitative estimate of drug-likeness (QED) is 0.784. The molecule has 1 N–H and O–H groups in total. The molecule has 0 unspecified atom stereocenters. The number of hydrogen-bond acceptors (Lipinski definition) is 5. The summed E-state index contributed by atoms with van der Waals surface area (Å²) in [5, 5.41) is 8.92. The van der Waals surface area contributed by atoms with Crippen LogP contribution in [0.15, 0.2) is 53.4 Å². The highest BCUT2D eigenvalue weighted by atomic mass is 32.2. The second-order valence-electron chi connectivity index (χ2n) is 5.15. The van der Waals surface area contributed by atoms with Gasteiger partial charge in [-0.25, -0.2) is 8.42 Å². The normalized spacial score (nSPS) is 11.4. The van der Waals surface area contributed by atoms with E-state index in [0.717, 1.165) is 11.1 Å². The zero-order valence-corrected chi connectivity index (χ0v) is 14.3. The van der Waals surface area contributed by atoms with Gasteiger partial charge in [0.05, 0.1) is 4.90 Å². The molecule has 0 bridgehead atoms. The Morgan fingerprint density at radius 2 is 1.65 bits per heavy atom. The zero-order valence-electron chi connectivity index (χ0n) is 12.6. The molecule has 7 heteroatoms. The van der Waals surface area contributed by atoms with Crippen molar-refractivity contribution in [3.63, 3.8) is 0 Å². The number of nitrogens with one attached hydrogen (secondary N) is 1. The Hall–Kier alpha value is -2.25. The summed E-state index contributed by atoms with van der Waals surface area (Å²) in [6.45, 7) is 3.76. The van der Waals surface area contributed by atoms with E-state index >= 15 is 0 Å². The van der Waals surface area contributed by atoms with Crippen molar-refractivity contribution in [1.82, 2.24) is 10.2 Å². The molecular weight excluding hydrogens is 330 g/mol. The third-order valence-electron chi connectivity index (χ3n) is 3.33. The number of benzene rings is 2. The molecule has 3 aromatic rings. The van der Waals surface area contributed by atoms with E-state index in [1.165, 1.54) is 11.3 Å². The number of aromatic nitrogens is 2. The minimum absolute atomic E-state index is 0.243. The first kappa shape index (κ1) is 15.6. The summed E-state index contributed by atoms with van der Waals surface area (Å²) < 4.78 is 27.4. The lowest BCUT2D eigenvalue weighted by molar-refractivity contribution is 0.600. The Morgan fingerprint density at radius 1 is 0.957 bits per heavy atom. The van der Waals surface area contributed by atoms with Crippen molar-refractivity contribution in [3.8, 4) is 10.6 Å². The zero-order chi connectivity index (χ0) is 16.4. The van der Waals surface area contributed by atoms with E-state index in [1.807, 2.05) is 31.2 Å². The predicted molar refractivity (Wildman–Crippen MR) is 92.1 cm³/mol. The molecule has 0 spiro atoms. The lowest BCUT2D eigenvalue weighted by Crippen LogP contribution is -2.13. The Bertz CT molecular complexity index is 932. The van der Waals surface area contributed by atoms with Crippen molar-refractivity contribution >= 4 is 26.5 Å². The maximum absolute atomic E-state index is 12.4. The van der Waals surface area contributed by atoms with Gasteiger partial charge in [0.15, 0.2) is 0 Å². The van der Waals surface area contributed by atoms with Gasteiger partial charge in [-0.15, -0.1) is 10.2 Å². The van der Waals surface area contributed by atoms with Gasteiger partial charge in [0.1, 0.15) is 5.01 Å². The summed E-state index contributed by atoms with van der Waals surface area (Å²) >= 11 is 1.21. The largest absolute Gasteiger partial charge is 0.263 e. The Morgan fingerprint density at radius 3 is 2.35 bits per heavy atom. The van der Waals surface area contributed by atoms with Gasteiger partial charge in [0.2, 0.25) is 5.13 Å². The van der Waals surface area contributed by atoms with Crippen molar-refractivity contribution in [2.45, 2.75) is 18.7 Å². The van der Waals surface area contributed by atoms with Crippen molar-refractivity contribution in [3.05, 3.63) is 59.7 Å². The van der Waals surface area contributed by atoms with E-state index in [-0.39, 0.29) is 10.0 Å². The van der Waals surface area contributed by atoms with E-state index in [9.17, 15) is 8.42 Å². The van der Waals surface area contributed by atoms with Crippen molar-refractivity contribution in [1.29, 1.82) is 0 Å². The fraction of sp³-hybridized carbons (Fsp3) is 0.125. The van der Waals surface area contributed by atoms with Gasteiger partial charge in [-0.1, -0.05) is 59.4 Å². The molecular formula is C16H15N3O2S2. The highest BCUT2D eigenvalue weighted by molar-refractivity contribution is 7.93. The Balaban J connectivity index is 1.87. The van der Waals surface area contributed by atoms with Gasteiger partial charge >= 0.3 is 0 Å². The number of hydrogen-bond donors (Lipinski definition) is 1. The van der Waals surface area contributed by atoms with Crippen LogP contribution in [0.1, 0.15) is 11.1 Å². The number of aryl methyl sites for hydroxylation is 2. The summed E-state index contributed by atoms with van der Waals surface area (Å²) in [6, 6.07) is 14.7. The predicted octanol–water partition coefficient (Wildman–Crippen LogP) is 3.62. The van der Waals surface area contributed by atoms with Gasteiger partial charge in [0.25, 0.3) is 10.0 Å². The molecule has 5 nitrogen and oxygen atoms in total. The fourth-order valence-corrected chi connectivity index (χ4v) is 4.33. The monoisotopic (exact) mass is 345 g/mol. The number of rotatable bonds is 4. The molecule has 1 aromatic heterocycles. The molecule has 0 aliphatic rings. The highest BCUT2D eigenvalue weighted by Gasteiger charge is 2.18. The van der Waals surface area contributed by atoms with Crippen LogP contribution in [0.2, 0.25) is 0 Å². The van der Waals surface area contributed by atoms with Gasteiger partial charge < -0.3 is 0 Å². The van der Waals surface area contributed by atoms with E-state index in [0.29, 0.717) is 10.6 Å². The molecule has 0 atom stereocenters. The molecule has 0 aliphatic carbocycles. The molecule has 0 saturated heterocycles. The Labute approximate surface area is 139 Å². The lowest BCUT2D eigenvalue weighted by atomic mass is 10.2. The first-order valence-electron chi connectivity index (χ1n) is 6.95. The molecule has 2 aromatic carbocycles. The van der Waals surface area contributed by atoms with Gasteiger partial charge in [-0.3, -0.25) is 4.72 Å².